The average molecular weight is 2120 g/mol. The lowest BCUT2D eigenvalue weighted by atomic mass is 9.88. The van der Waals surface area contributed by atoms with Gasteiger partial charge in [0.2, 0.25) is 0 Å². The second-order valence-corrected chi connectivity index (χ2v) is 48.1. The highest BCUT2D eigenvalue weighted by atomic mass is 16.8. The monoisotopic (exact) mass is 2120 g/mol. The molecule has 148 heavy (non-hydrogen) atoms. The molecular weight excluding hydrogens is 1960 g/mol. The molecule has 8 saturated heterocycles. The highest BCUT2D eigenvalue weighted by molar-refractivity contribution is 5.87. The second-order valence-electron chi connectivity index (χ2n) is 48.1. The van der Waals surface area contributed by atoms with E-state index >= 15 is 28.8 Å². The Labute approximate surface area is 863 Å². The van der Waals surface area contributed by atoms with Gasteiger partial charge in [0.05, 0.1) is 106 Å². The number of hydrogen-bond acceptors (Lipinski definition) is 46. The van der Waals surface area contributed by atoms with E-state index in [-0.39, 0.29) is 106 Å². The summed E-state index contributed by atoms with van der Waals surface area (Å²) < 4.78 is 182. The first kappa shape index (κ1) is 124. The molecule has 0 radical (unpaired) electrons. The van der Waals surface area contributed by atoms with Gasteiger partial charge in [-0.2, -0.15) is 0 Å². The fourth-order valence-corrected chi connectivity index (χ4v) is 13.9. The van der Waals surface area contributed by atoms with Crippen molar-refractivity contribution in [1.29, 1.82) is 0 Å². The number of esters is 15. The molecule has 8 fully saturated rings. The van der Waals surface area contributed by atoms with E-state index < -0.39 is 316 Å². The molecule has 46 nitrogen and oxygen atoms in total. The molecule has 0 aromatic heterocycles. The largest absolute Gasteiger partial charge is 0.464 e. The third kappa shape index (κ3) is 32.1. The molecule has 8 aliphatic heterocycles. The Morgan fingerprint density at radius 1 is 0.176 bits per heavy atom. The van der Waals surface area contributed by atoms with E-state index in [2.05, 4.69) is 5.92 Å². The van der Waals surface area contributed by atoms with Crippen molar-refractivity contribution in [3.63, 3.8) is 0 Å². The summed E-state index contributed by atoms with van der Waals surface area (Å²) in [5.41, 5.74) is -28.8. The van der Waals surface area contributed by atoms with E-state index in [1.165, 1.54) is 83.1 Å². The quantitative estimate of drug-likeness (QED) is 0.0332. The van der Waals surface area contributed by atoms with Gasteiger partial charge in [0.25, 0.3) is 0 Å². The summed E-state index contributed by atoms with van der Waals surface area (Å²) in [7, 11) is 0. The highest BCUT2D eigenvalue weighted by Gasteiger charge is 2.58. The van der Waals surface area contributed by atoms with Crippen LogP contribution in [0.15, 0.2) is 0 Å². The van der Waals surface area contributed by atoms with Crippen molar-refractivity contribution in [1.82, 2.24) is 0 Å². The molecule has 0 atom stereocenters. The molecule has 0 spiro atoms. The van der Waals surface area contributed by atoms with Gasteiger partial charge in [-0.25, -0.2) is 0 Å². The van der Waals surface area contributed by atoms with Crippen LogP contribution in [0.5, 0.6) is 0 Å². The van der Waals surface area contributed by atoms with Crippen LogP contribution in [0.3, 0.4) is 0 Å². The molecule has 0 amide bonds. The van der Waals surface area contributed by atoms with Crippen molar-refractivity contribution in [3.8, 4) is 12.3 Å². The van der Waals surface area contributed by atoms with Crippen molar-refractivity contribution in [2.75, 3.05) is 205 Å². The molecule has 840 valence electrons. The van der Waals surface area contributed by atoms with Gasteiger partial charge in [-0.15, -0.1) is 6.42 Å². The van der Waals surface area contributed by atoms with Gasteiger partial charge < -0.3 is 147 Å². The molecule has 8 rings (SSSR count). The number of ether oxygens (including phenoxy) is 31. The van der Waals surface area contributed by atoms with E-state index in [0.717, 1.165) is 20.8 Å². The third-order valence-corrected chi connectivity index (χ3v) is 26.8. The number of terminal acetylenes is 1. The van der Waals surface area contributed by atoms with Crippen LogP contribution in [0.2, 0.25) is 0 Å². The van der Waals surface area contributed by atoms with E-state index in [1.807, 2.05) is 0 Å². The lowest BCUT2D eigenvalue weighted by Crippen LogP contribution is -2.52. The van der Waals surface area contributed by atoms with Crippen LogP contribution in [0, 0.1) is 93.6 Å². The SMILES string of the molecule is C#CCOC(=O)C(C)(COC(=O)C(C)(COC(=O)C(C)(COC(=O)C1(C)COC(C)(C)OC1)COC(=O)C1(C)COC(C)(C)OC1)COC(=O)C(C)(COC(=O)C1(C)COC(C)(C)OC1)COC(=O)C1(C)COC(C)(C)OC1)COC(=O)C(C)(COC(=O)C(C)(COC(=O)C1(C)COC(C)(C)OC1)COC(=O)C1(C)COC(C)(C)OC1)COC(=O)C(C)(COC(=O)C1(C)COC(C)(C)OC1)COC(=O)C1(C)COC(C)(C)OC1. The van der Waals surface area contributed by atoms with E-state index in [0.29, 0.717) is 0 Å². The van der Waals surface area contributed by atoms with Crippen molar-refractivity contribution >= 4 is 89.5 Å². The Morgan fingerprint density at radius 3 is 0.358 bits per heavy atom. The normalized spacial score (nSPS) is 22.6. The van der Waals surface area contributed by atoms with Crippen LogP contribution >= 0.6 is 0 Å². The van der Waals surface area contributed by atoms with E-state index in [1.54, 1.807) is 111 Å². The minimum absolute atomic E-state index is 0.233. The summed E-state index contributed by atoms with van der Waals surface area (Å²) in [6, 6.07) is 0. The lowest BCUT2D eigenvalue weighted by Gasteiger charge is -2.41. The van der Waals surface area contributed by atoms with Gasteiger partial charge in [-0.1, -0.05) is 5.92 Å². The summed E-state index contributed by atoms with van der Waals surface area (Å²) in [5.74, 6) is -24.4. The molecule has 0 aromatic carbocycles. The van der Waals surface area contributed by atoms with Crippen LogP contribution in [0.1, 0.15) is 215 Å². The van der Waals surface area contributed by atoms with Crippen LogP contribution in [-0.4, -0.2) is 341 Å². The third-order valence-electron chi connectivity index (χ3n) is 26.8. The molecule has 8 heterocycles. The standard InChI is InChI=1S/C102H156O46/c1-33-34-118-65(103)88(18,35-119-66(104)89(19,37-121-68(106)91(21,41-125-72(110)95(25)49-133-80(2,3)134-50-95)42-126-73(111)96(26)51-135-81(4,5)136-52-96)38-122-69(107)92(22,43-127-74(112)97(27)53-137-82(6,7)138-54-97)44-128-75(113)98(28)55-139-83(8,9)140-56-98)36-120-67(105)90(20,39-123-70(108)93(23,45-129-76(114)99(29)57-141-84(10,11)142-58-99)46-130-77(115)100(30)59-143-85(12,13)144-60-100)40-124-71(109)94(24,47-131-78(116)101(31)61-145-86(14,15)146-62-101)48-132-79(117)102(32)63-147-87(16,17)148-64-102/h1H,34-64H2,2-32H3. The molecule has 46 heteroatoms. The predicted molar refractivity (Wildman–Crippen MR) is 503 cm³/mol. The Hall–Kier alpha value is -9.03. The van der Waals surface area contributed by atoms with Crippen molar-refractivity contribution < 1.29 is 219 Å². The van der Waals surface area contributed by atoms with Gasteiger partial charge in [0.1, 0.15) is 174 Å². The first-order chi connectivity index (χ1) is 67.6. The Bertz CT molecular complexity index is 4050. The van der Waals surface area contributed by atoms with Gasteiger partial charge in [-0.3, -0.25) is 71.9 Å². The van der Waals surface area contributed by atoms with Crippen LogP contribution in [0.4, 0.5) is 0 Å². The van der Waals surface area contributed by atoms with Gasteiger partial charge >= 0.3 is 89.5 Å². The molecule has 8 aliphatic rings. The van der Waals surface area contributed by atoms with Gasteiger partial charge in [-0.05, 0) is 215 Å². The molecular formula is C102H156O46. The van der Waals surface area contributed by atoms with Crippen molar-refractivity contribution in [2.24, 2.45) is 81.2 Å². The summed E-state index contributed by atoms with van der Waals surface area (Å²) in [6.45, 7) is 26.0. The summed E-state index contributed by atoms with van der Waals surface area (Å²) >= 11 is 0. The molecule has 0 saturated carbocycles. The van der Waals surface area contributed by atoms with Gasteiger partial charge in [0.15, 0.2) is 52.9 Å². The number of carbonyl (C=O) groups is 15. The zero-order valence-electron chi connectivity index (χ0n) is 91.8. The molecule has 0 aromatic rings. The van der Waals surface area contributed by atoms with Gasteiger partial charge in [0, 0.05) is 0 Å². The maximum atomic E-state index is 15.8. The van der Waals surface area contributed by atoms with Crippen molar-refractivity contribution in [2.45, 2.75) is 261 Å². The Morgan fingerprint density at radius 2 is 0.264 bits per heavy atom. The second kappa shape index (κ2) is 46.1. The molecule has 0 N–H and O–H groups in total. The van der Waals surface area contributed by atoms with Crippen LogP contribution in [-0.2, 0) is 219 Å². The Kier molecular flexibility index (Phi) is 38.7. The zero-order chi connectivity index (χ0) is 112. The minimum Gasteiger partial charge on any atom is -0.464 e. The lowest BCUT2D eigenvalue weighted by molar-refractivity contribution is -0.283. The fraction of sp³-hybridized carbons (Fsp3) is 0.833. The topological polar surface area (TPSA) is 542 Å². The number of rotatable bonds is 44. The fourth-order valence-electron chi connectivity index (χ4n) is 13.9. The van der Waals surface area contributed by atoms with Crippen molar-refractivity contribution in [3.05, 3.63) is 0 Å². The zero-order valence-corrected chi connectivity index (χ0v) is 91.8. The number of hydrogen-bond donors (Lipinski definition) is 0. The van der Waals surface area contributed by atoms with E-state index in [9.17, 15) is 43.2 Å². The Balaban J connectivity index is 1.19. The molecule has 0 bridgehead atoms. The van der Waals surface area contributed by atoms with E-state index in [4.69, 9.17) is 153 Å². The number of carbonyl (C=O) groups excluding carboxylic acids is 15. The van der Waals surface area contributed by atoms with Crippen LogP contribution < -0.4 is 0 Å². The first-order valence-electron chi connectivity index (χ1n) is 48.8. The smallest absolute Gasteiger partial charge is 0.319 e. The summed E-state index contributed by atoms with van der Waals surface area (Å²) in [6.07, 6.45) is 5.65. The van der Waals surface area contributed by atoms with Crippen LogP contribution in [0.25, 0.3) is 0 Å². The maximum absolute atomic E-state index is 15.8. The summed E-state index contributed by atoms with van der Waals surface area (Å²) in [4.78, 5) is 222. The average Bonchev–Trinajstić information content (AvgIpc) is 0.794. The molecule has 0 aliphatic carbocycles. The molecule has 0 unspecified atom stereocenters. The minimum atomic E-state index is -2.59. The summed E-state index contributed by atoms with van der Waals surface area (Å²) in [5, 5.41) is 0. The highest BCUT2D eigenvalue weighted by Crippen LogP contribution is 2.44. The maximum Gasteiger partial charge on any atom is 0.319 e. The first-order valence-corrected chi connectivity index (χ1v) is 48.8. The predicted octanol–water partition coefficient (Wildman–Crippen LogP) is 7.13.